The fourth-order valence-electron chi connectivity index (χ4n) is 2.56. The summed E-state index contributed by atoms with van der Waals surface area (Å²) in [5.41, 5.74) is 1.75. The van der Waals surface area contributed by atoms with Crippen LogP contribution in [-0.2, 0) is 27.8 Å². The van der Waals surface area contributed by atoms with Crippen LogP contribution in [0.25, 0.3) is 6.08 Å². The Kier molecular flexibility index (Phi) is 5.80. The first kappa shape index (κ1) is 19.7. The van der Waals surface area contributed by atoms with Crippen LogP contribution in [0.4, 0.5) is 0 Å². The van der Waals surface area contributed by atoms with Gasteiger partial charge in [-0.25, -0.2) is 13.6 Å². The van der Waals surface area contributed by atoms with Crippen molar-refractivity contribution >= 4 is 50.3 Å². The number of aromatic nitrogens is 2. The van der Waals surface area contributed by atoms with Crippen LogP contribution in [-0.4, -0.2) is 39.9 Å². The molecular formula is C17H18N4O3S3. The van der Waals surface area contributed by atoms with Crippen molar-refractivity contribution in [2.45, 2.75) is 24.8 Å². The second-order valence-corrected chi connectivity index (χ2v) is 9.14. The summed E-state index contributed by atoms with van der Waals surface area (Å²) in [5.74, 6) is -0.129. The minimum Gasteiger partial charge on any atom is -0.293 e. The van der Waals surface area contributed by atoms with Gasteiger partial charge < -0.3 is 0 Å². The third-order valence-corrected chi connectivity index (χ3v) is 6.33. The topological polar surface area (TPSA) is 98.3 Å². The van der Waals surface area contributed by atoms with Gasteiger partial charge in [0, 0.05) is 24.8 Å². The van der Waals surface area contributed by atoms with E-state index in [0.29, 0.717) is 22.2 Å². The average Bonchev–Trinajstić information content (AvgIpc) is 3.18. The number of hydrogen-bond acceptors (Lipinski definition) is 6. The molecule has 0 radical (unpaired) electrons. The Hall–Kier alpha value is -2.01. The summed E-state index contributed by atoms with van der Waals surface area (Å²) >= 11 is 6.60. The maximum absolute atomic E-state index is 12.6. The van der Waals surface area contributed by atoms with Crippen molar-refractivity contribution in [3.8, 4) is 0 Å². The molecule has 10 heteroatoms. The standard InChI is InChI=1S/C17H18N4O3S3/c1-2-20-11-13(10-19-20)9-15-16(22)21(17(25)26-15)8-7-12-3-5-14(6-4-12)27(18,23)24/h3-6,9-11H,2,7-8H2,1H3,(H2,18,23,24). The van der Waals surface area contributed by atoms with E-state index in [1.807, 2.05) is 13.1 Å². The molecule has 142 valence electrons. The third kappa shape index (κ3) is 4.64. The summed E-state index contributed by atoms with van der Waals surface area (Å²) in [6, 6.07) is 6.29. The predicted octanol–water partition coefficient (Wildman–Crippen LogP) is 1.99. The highest BCUT2D eigenvalue weighted by Crippen LogP contribution is 2.32. The van der Waals surface area contributed by atoms with Gasteiger partial charge in [0.15, 0.2) is 0 Å². The van der Waals surface area contributed by atoms with Gasteiger partial charge in [-0.3, -0.25) is 14.4 Å². The van der Waals surface area contributed by atoms with Crippen molar-refractivity contribution in [2.75, 3.05) is 6.54 Å². The fraction of sp³-hybridized carbons (Fsp3) is 0.235. The number of sulfonamides is 1. The first-order valence-corrected chi connectivity index (χ1v) is 10.9. The molecule has 1 amide bonds. The summed E-state index contributed by atoms with van der Waals surface area (Å²) in [5, 5.41) is 9.29. The number of thiocarbonyl (C=S) groups is 1. The van der Waals surface area contributed by atoms with E-state index < -0.39 is 10.0 Å². The average molecular weight is 423 g/mol. The Labute approximate surface area is 167 Å². The van der Waals surface area contributed by atoms with Gasteiger partial charge >= 0.3 is 0 Å². The molecule has 3 rings (SSSR count). The molecule has 1 aliphatic rings. The van der Waals surface area contributed by atoms with Crippen molar-refractivity contribution in [3.63, 3.8) is 0 Å². The summed E-state index contributed by atoms with van der Waals surface area (Å²) < 4.78 is 24.9. The van der Waals surface area contributed by atoms with Crippen LogP contribution in [0.2, 0.25) is 0 Å². The lowest BCUT2D eigenvalue weighted by atomic mass is 10.1. The van der Waals surface area contributed by atoms with E-state index in [0.717, 1.165) is 17.7 Å². The van der Waals surface area contributed by atoms with Crippen molar-refractivity contribution in [3.05, 3.63) is 52.7 Å². The maximum atomic E-state index is 12.6. The minimum atomic E-state index is -3.71. The van der Waals surface area contributed by atoms with E-state index in [-0.39, 0.29) is 10.8 Å². The summed E-state index contributed by atoms with van der Waals surface area (Å²) in [7, 11) is -3.71. The van der Waals surface area contributed by atoms with Gasteiger partial charge in [0.05, 0.1) is 16.0 Å². The van der Waals surface area contributed by atoms with E-state index >= 15 is 0 Å². The quantitative estimate of drug-likeness (QED) is 0.565. The fourth-order valence-corrected chi connectivity index (χ4v) is 4.38. The third-order valence-electron chi connectivity index (χ3n) is 4.02. The van der Waals surface area contributed by atoms with Crippen LogP contribution in [0.1, 0.15) is 18.1 Å². The minimum absolute atomic E-state index is 0.0624. The maximum Gasteiger partial charge on any atom is 0.266 e. The molecule has 1 aromatic heterocycles. The van der Waals surface area contributed by atoms with Crippen LogP contribution in [0.3, 0.4) is 0 Å². The Morgan fingerprint density at radius 2 is 2.00 bits per heavy atom. The first-order chi connectivity index (χ1) is 12.8. The largest absolute Gasteiger partial charge is 0.293 e. The molecule has 0 aliphatic carbocycles. The summed E-state index contributed by atoms with van der Waals surface area (Å²) in [6.07, 6.45) is 5.93. The number of primary sulfonamides is 1. The molecule has 27 heavy (non-hydrogen) atoms. The monoisotopic (exact) mass is 422 g/mol. The number of rotatable bonds is 6. The van der Waals surface area contributed by atoms with E-state index in [2.05, 4.69) is 5.10 Å². The van der Waals surface area contributed by atoms with Crippen molar-refractivity contribution in [1.82, 2.24) is 14.7 Å². The molecule has 1 aliphatic heterocycles. The lowest BCUT2D eigenvalue weighted by molar-refractivity contribution is -0.122. The highest BCUT2D eigenvalue weighted by molar-refractivity contribution is 8.26. The van der Waals surface area contributed by atoms with Gasteiger partial charge in [-0.15, -0.1) is 0 Å². The lowest BCUT2D eigenvalue weighted by Crippen LogP contribution is -2.30. The van der Waals surface area contributed by atoms with Crippen molar-refractivity contribution in [2.24, 2.45) is 5.14 Å². The Morgan fingerprint density at radius 3 is 2.59 bits per heavy atom. The SMILES string of the molecule is CCn1cc(C=C2SC(=S)N(CCc3ccc(S(N)(=O)=O)cc3)C2=O)cn1. The van der Waals surface area contributed by atoms with Gasteiger partial charge in [0.2, 0.25) is 10.0 Å². The summed E-state index contributed by atoms with van der Waals surface area (Å²) in [6.45, 7) is 3.18. The summed E-state index contributed by atoms with van der Waals surface area (Å²) in [4.78, 5) is 14.8. The van der Waals surface area contributed by atoms with Gasteiger partial charge in [-0.1, -0.05) is 36.1 Å². The Balaban J connectivity index is 1.67. The zero-order valence-electron chi connectivity index (χ0n) is 14.5. The predicted molar refractivity (Wildman–Crippen MR) is 109 cm³/mol. The van der Waals surface area contributed by atoms with E-state index in [1.54, 1.807) is 34.0 Å². The Bertz CT molecular complexity index is 1010. The van der Waals surface area contributed by atoms with Crippen LogP contribution < -0.4 is 5.14 Å². The molecule has 0 bridgehead atoms. The van der Waals surface area contributed by atoms with Gasteiger partial charge in [0.25, 0.3) is 5.91 Å². The van der Waals surface area contributed by atoms with Gasteiger partial charge in [-0.2, -0.15) is 5.10 Å². The van der Waals surface area contributed by atoms with Crippen LogP contribution in [0.5, 0.6) is 0 Å². The molecular weight excluding hydrogens is 404 g/mol. The number of carbonyl (C=O) groups excluding carboxylic acids is 1. The Morgan fingerprint density at radius 1 is 1.30 bits per heavy atom. The van der Waals surface area contributed by atoms with Gasteiger partial charge in [-0.05, 0) is 37.1 Å². The number of hydrogen-bond donors (Lipinski definition) is 1. The number of nitrogens with zero attached hydrogens (tertiary/aromatic N) is 3. The number of benzene rings is 1. The number of aryl methyl sites for hydroxylation is 1. The van der Waals surface area contributed by atoms with Crippen LogP contribution in [0.15, 0.2) is 46.5 Å². The number of thioether (sulfide) groups is 1. The molecule has 7 nitrogen and oxygen atoms in total. The molecule has 2 heterocycles. The van der Waals surface area contributed by atoms with E-state index in [1.165, 1.54) is 23.9 Å². The number of carbonyl (C=O) groups is 1. The molecule has 0 atom stereocenters. The molecule has 0 saturated carbocycles. The smallest absolute Gasteiger partial charge is 0.266 e. The molecule has 0 unspecified atom stereocenters. The molecule has 1 aromatic carbocycles. The lowest BCUT2D eigenvalue weighted by Gasteiger charge is -2.14. The molecule has 2 N–H and O–H groups in total. The van der Waals surface area contributed by atoms with Crippen molar-refractivity contribution < 1.29 is 13.2 Å². The second-order valence-electron chi connectivity index (χ2n) is 5.90. The second kappa shape index (κ2) is 7.93. The highest BCUT2D eigenvalue weighted by atomic mass is 32.2. The molecule has 2 aromatic rings. The molecule has 1 saturated heterocycles. The van der Waals surface area contributed by atoms with Crippen LogP contribution >= 0.6 is 24.0 Å². The number of amides is 1. The van der Waals surface area contributed by atoms with Crippen LogP contribution in [0, 0.1) is 0 Å². The molecule has 1 fully saturated rings. The van der Waals surface area contributed by atoms with Gasteiger partial charge in [0.1, 0.15) is 4.32 Å². The normalized spacial score (nSPS) is 16.5. The zero-order chi connectivity index (χ0) is 19.6. The van der Waals surface area contributed by atoms with Crippen molar-refractivity contribution in [1.29, 1.82) is 0 Å². The zero-order valence-corrected chi connectivity index (χ0v) is 17.0. The first-order valence-electron chi connectivity index (χ1n) is 8.17. The molecule has 0 spiro atoms. The number of nitrogens with two attached hydrogens (primary N) is 1. The van der Waals surface area contributed by atoms with E-state index in [4.69, 9.17) is 17.4 Å². The highest BCUT2D eigenvalue weighted by Gasteiger charge is 2.31. The van der Waals surface area contributed by atoms with E-state index in [9.17, 15) is 13.2 Å².